The maximum Gasteiger partial charge on any atom is 0.264 e. The number of nitrogens with zero attached hydrogens (tertiary/aromatic N) is 2. The van der Waals surface area contributed by atoms with E-state index in [0.29, 0.717) is 17.0 Å². The largest absolute Gasteiger partial charge is 0.484 e. The molecule has 0 spiro atoms. The molecule has 0 fully saturated rings. The van der Waals surface area contributed by atoms with Crippen molar-refractivity contribution in [1.82, 2.24) is 0 Å². The molecule has 2 aromatic carbocycles. The molecular weight excluding hydrogens is 266 g/mol. The molecule has 106 valence electrons. The zero-order valence-electron chi connectivity index (χ0n) is 11.6. The predicted molar refractivity (Wildman–Crippen MR) is 80.9 cm³/mol. The molecule has 0 saturated carbocycles. The van der Waals surface area contributed by atoms with Crippen LogP contribution in [0.3, 0.4) is 0 Å². The van der Waals surface area contributed by atoms with Crippen LogP contribution in [-0.4, -0.2) is 19.6 Å². The average molecular weight is 281 g/mol. The summed E-state index contributed by atoms with van der Waals surface area (Å²) in [6.07, 6.45) is 0. The van der Waals surface area contributed by atoms with Crippen LogP contribution < -0.4 is 15.4 Å². The van der Waals surface area contributed by atoms with E-state index in [-0.39, 0.29) is 12.5 Å². The highest BCUT2D eigenvalue weighted by atomic mass is 16.5. The fourth-order valence-electron chi connectivity index (χ4n) is 1.71. The lowest BCUT2D eigenvalue weighted by atomic mass is 10.2. The fourth-order valence-corrected chi connectivity index (χ4v) is 1.71. The van der Waals surface area contributed by atoms with Gasteiger partial charge in [0, 0.05) is 18.4 Å². The number of nitriles is 1. The molecule has 0 aliphatic heterocycles. The zero-order valence-corrected chi connectivity index (χ0v) is 11.6. The van der Waals surface area contributed by atoms with Crippen LogP contribution in [0.4, 0.5) is 11.4 Å². The lowest BCUT2D eigenvalue weighted by Crippen LogP contribution is -2.31. The number of nitrogens with two attached hydrogens (primary N) is 1. The van der Waals surface area contributed by atoms with E-state index >= 15 is 0 Å². The Kier molecular flexibility index (Phi) is 4.42. The monoisotopic (exact) mass is 281 g/mol. The van der Waals surface area contributed by atoms with Crippen molar-refractivity contribution in [3.63, 3.8) is 0 Å². The first-order valence-corrected chi connectivity index (χ1v) is 6.35. The average Bonchev–Trinajstić information content (AvgIpc) is 2.53. The van der Waals surface area contributed by atoms with Crippen LogP contribution in [0.15, 0.2) is 48.5 Å². The molecule has 0 atom stereocenters. The highest BCUT2D eigenvalue weighted by Gasteiger charge is 2.11. The molecule has 5 nitrogen and oxygen atoms in total. The van der Waals surface area contributed by atoms with Crippen molar-refractivity contribution in [2.24, 2.45) is 0 Å². The van der Waals surface area contributed by atoms with Gasteiger partial charge in [0.25, 0.3) is 5.91 Å². The van der Waals surface area contributed by atoms with Crippen LogP contribution in [0.5, 0.6) is 5.75 Å². The van der Waals surface area contributed by atoms with E-state index in [9.17, 15) is 4.79 Å². The van der Waals surface area contributed by atoms with Gasteiger partial charge in [0.2, 0.25) is 0 Å². The standard InChI is InChI=1S/C16H15N3O2/c1-19(14-6-4-13(18)5-7-14)16(20)11-21-15-8-2-12(10-17)3-9-15/h2-9H,11,18H2,1H3. The van der Waals surface area contributed by atoms with Gasteiger partial charge in [0.05, 0.1) is 11.6 Å². The van der Waals surface area contributed by atoms with Gasteiger partial charge in [-0.25, -0.2) is 0 Å². The second kappa shape index (κ2) is 6.44. The van der Waals surface area contributed by atoms with Crippen molar-refractivity contribution in [1.29, 1.82) is 5.26 Å². The summed E-state index contributed by atoms with van der Waals surface area (Å²) < 4.78 is 5.41. The van der Waals surface area contributed by atoms with Crippen LogP contribution in [0.1, 0.15) is 5.56 Å². The second-order valence-corrected chi connectivity index (χ2v) is 4.47. The number of ether oxygens (including phenoxy) is 1. The third kappa shape index (κ3) is 3.74. The minimum atomic E-state index is -0.177. The molecule has 0 radical (unpaired) electrons. The van der Waals surface area contributed by atoms with Gasteiger partial charge >= 0.3 is 0 Å². The lowest BCUT2D eigenvalue weighted by molar-refractivity contribution is -0.120. The van der Waals surface area contributed by atoms with Crippen LogP contribution in [0.25, 0.3) is 0 Å². The number of amides is 1. The maximum absolute atomic E-state index is 12.0. The second-order valence-electron chi connectivity index (χ2n) is 4.47. The lowest BCUT2D eigenvalue weighted by Gasteiger charge is -2.17. The SMILES string of the molecule is CN(C(=O)COc1ccc(C#N)cc1)c1ccc(N)cc1. The Labute approximate surface area is 123 Å². The van der Waals surface area contributed by atoms with Gasteiger partial charge in [-0.2, -0.15) is 5.26 Å². The van der Waals surface area contributed by atoms with Gasteiger partial charge in [-0.05, 0) is 48.5 Å². The first kappa shape index (κ1) is 14.4. The van der Waals surface area contributed by atoms with Gasteiger partial charge in [0.15, 0.2) is 6.61 Å². The molecular formula is C16H15N3O2. The Morgan fingerprint density at radius 2 is 1.81 bits per heavy atom. The summed E-state index contributed by atoms with van der Waals surface area (Å²) in [4.78, 5) is 13.5. The molecule has 0 aromatic heterocycles. The van der Waals surface area contributed by atoms with Crippen LogP contribution in [-0.2, 0) is 4.79 Å². The molecule has 21 heavy (non-hydrogen) atoms. The van der Waals surface area contributed by atoms with E-state index in [1.807, 2.05) is 6.07 Å². The number of hydrogen-bond donors (Lipinski definition) is 1. The summed E-state index contributed by atoms with van der Waals surface area (Å²) in [5.41, 5.74) is 7.55. The van der Waals surface area contributed by atoms with E-state index < -0.39 is 0 Å². The van der Waals surface area contributed by atoms with Crippen molar-refractivity contribution >= 4 is 17.3 Å². The number of benzene rings is 2. The highest BCUT2D eigenvalue weighted by Crippen LogP contribution is 2.16. The minimum Gasteiger partial charge on any atom is -0.484 e. The molecule has 0 aliphatic carbocycles. The van der Waals surface area contributed by atoms with E-state index in [0.717, 1.165) is 5.69 Å². The molecule has 0 saturated heterocycles. The zero-order chi connectivity index (χ0) is 15.2. The number of nitrogen functional groups attached to an aromatic ring is 1. The molecule has 2 aromatic rings. The minimum absolute atomic E-state index is 0.0766. The van der Waals surface area contributed by atoms with Gasteiger partial charge < -0.3 is 15.4 Å². The first-order chi connectivity index (χ1) is 10.1. The summed E-state index contributed by atoms with van der Waals surface area (Å²) in [6, 6.07) is 15.6. The normalized spacial score (nSPS) is 9.71. The molecule has 0 bridgehead atoms. The number of anilines is 2. The Morgan fingerprint density at radius 1 is 1.19 bits per heavy atom. The third-order valence-corrected chi connectivity index (χ3v) is 3.00. The fraction of sp³-hybridized carbons (Fsp3) is 0.125. The molecule has 5 heteroatoms. The first-order valence-electron chi connectivity index (χ1n) is 6.35. The van der Waals surface area contributed by atoms with Gasteiger partial charge in [0.1, 0.15) is 5.75 Å². The molecule has 0 heterocycles. The topological polar surface area (TPSA) is 79.3 Å². The quantitative estimate of drug-likeness (QED) is 0.871. The predicted octanol–water partition coefficient (Wildman–Crippen LogP) is 2.18. The Hall–Kier alpha value is -3.00. The van der Waals surface area contributed by atoms with Gasteiger partial charge in [-0.1, -0.05) is 0 Å². The smallest absolute Gasteiger partial charge is 0.264 e. The van der Waals surface area contributed by atoms with Crippen LogP contribution in [0, 0.1) is 11.3 Å². The van der Waals surface area contributed by atoms with Crippen molar-refractivity contribution in [3.8, 4) is 11.8 Å². The molecule has 2 rings (SSSR count). The number of carbonyl (C=O) groups is 1. The highest BCUT2D eigenvalue weighted by molar-refractivity contribution is 5.94. The van der Waals surface area contributed by atoms with Crippen molar-refractivity contribution < 1.29 is 9.53 Å². The van der Waals surface area contributed by atoms with Crippen molar-refractivity contribution in [2.45, 2.75) is 0 Å². The molecule has 1 amide bonds. The molecule has 0 unspecified atom stereocenters. The van der Waals surface area contributed by atoms with Crippen LogP contribution in [0.2, 0.25) is 0 Å². The molecule has 2 N–H and O–H groups in total. The summed E-state index contributed by atoms with van der Waals surface area (Å²) in [6.45, 7) is -0.0766. The number of hydrogen-bond acceptors (Lipinski definition) is 4. The Bertz CT molecular complexity index is 657. The van der Waals surface area contributed by atoms with E-state index in [1.54, 1.807) is 55.6 Å². The van der Waals surface area contributed by atoms with Crippen LogP contribution >= 0.6 is 0 Å². The third-order valence-electron chi connectivity index (χ3n) is 3.00. The Morgan fingerprint density at radius 3 is 2.38 bits per heavy atom. The van der Waals surface area contributed by atoms with E-state index in [4.69, 9.17) is 15.7 Å². The number of likely N-dealkylation sites (N-methyl/N-ethyl adjacent to an activating group) is 1. The number of carbonyl (C=O) groups excluding carboxylic acids is 1. The molecule has 0 aliphatic rings. The van der Waals surface area contributed by atoms with Gasteiger partial charge in [-0.15, -0.1) is 0 Å². The summed E-state index contributed by atoms with van der Waals surface area (Å²) in [7, 11) is 1.68. The van der Waals surface area contributed by atoms with E-state index in [2.05, 4.69) is 0 Å². The van der Waals surface area contributed by atoms with Crippen molar-refractivity contribution in [3.05, 3.63) is 54.1 Å². The summed E-state index contributed by atoms with van der Waals surface area (Å²) >= 11 is 0. The maximum atomic E-state index is 12.0. The van der Waals surface area contributed by atoms with E-state index in [1.165, 1.54) is 4.90 Å². The number of rotatable bonds is 4. The van der Waals surface area contributed by atoms with Gasteiger partial charge in [-0.3, -0.25) is 4.79 Å². The van der Waals surface area contributed by atoms with Crippen molar-refractivity contribution in [2.75, 3.05) is 24.3 Å². The Balaban J connectivity index is 1.94. The summed E-state index contributed by atoms with van der Waals surface area (Å²) in [5, 5.41) is 8.70. The summed E-state index contributed by atoms with van der Waals surface area (Å²) in [5.74, 6) is 0.372.